The van der Waals surface area contributed by atoms with Crippen molar-refractivity contribution in [3.8, 4) is 0 Å². The Morgan fingerprint density at radius 2 is 2.20 bits per heavy atom. The minimum Gasteiger partial charge on any atom is -0.354 e. The summed E-state index contributed by atoms with van der Waals surface area (Å²) in [7, 11) is 0. The van der Waals surface area contributed by atoms with Gasteiger partial charge in [0.1, 0.15) is 5.69 Å². The average molecular weight is 353 g/mol. The fraction of sp³-hybridized carbons (Fsp3) is 0.316. The Kier molecular flexibility index (Phi) is 3.92. The van der Waals surface area contributed by atoms with Gasteiger partial charge in [-0.3, -0.25) is 14.9 Å². The van der Waals surface area contributed by atoms with Gasteiger partial charge in [0.05, 0.1) is 10.2 Å². The molecular formula is C19H19N3O2S. The van der Waals surface area contributed by atoms with Gasteiger partial charge in [0.25, 0.3) is 5.91 Å². The SMILES string of the molecule is CCc1ccc2nc(NC(=O)c3[nH]c4c(c3C)C(=O)CCC4)sc2c1. The molecule has 1 aliphatic carbocycles. The summed E-state index contributed by atoms with van der Waals surface area (Å²) < 4.78 is 1.06. The van der Waals surface area contributed by atoms with Crippen LogP contribution in [0.25, 0.3) is 10.2 Å². The molecular weight excluding hydrogens is 334 g/mol. The molecule has 2 aromatic heterocycles. The zero-order valence-corrected chi connectivity index (χ0v) is 15.0. The molecule has 1 aromatic carbocycles. The number of thiazole rings is 1. The number of ketones is 1. The summed E-state index contributed by atoms with van der Waals surface area (Å²) in [5, 5.41) is 3.45. The van der Waals surface area contributed by atoms with E-state index in [4.69, 9.17) is 0 Å². The maximum absolute atomic E-state index is 12.7. The number of amides is 1. The van der Waals surface area contributed by atoms with E-state index in [0.717, 1.165) is 40.7 Å². The van der Waals surface area contributed by atoms with Gasteiger partial charge in [-0.15, -0.1) is 0 Å². The van der Waals surface area contributed by atoms with Gasteiger partial charge in [0.15, 0.2) is 10.9 Å². The first-order valence-corrected chi connectivity index (χ1v) is 9.34. The van der Waals surface area contributed by atoms with Crippen LogP contribution in [0.3, 0.4) is 0 Å². The van der Waals surface area contributed by atoms with E-state index in [-0.39, 0.29) is 11.7 Å². The Morgan fingerprint density at radius 1 is 1.36 bits per heavy atom. The van der Waals surface area contributed by atoms with Gasteiger partial charge in [-0.05, 0) is 49.4 Å². The number of nitrogens with one attached hydrogen (secondary N) is 2. The number of rotatable bonds is 3. The second-order valence-electron chi connectivity index (χ2n) is 6.38. The van der Waals surface area contributed by atoms with Crippen LogP contribution in [0.5, 0.6) is 0 Å². The van der Waals surface area contributed by atoms with E-state index in [0.29, 0.717) is 22.8 Å². The molecule has 0 spiro atoms. The number of aryl methyl sites for hydroxylation is 2. The lowest BCUT2D eigenvalue weighted by molar-refractivity contribution is 0.0971. The van der Waals surface area contributed by atoms with E-state index in [1.165, 1.54) is 16.9 Å². The van der Waals surface area contributed by atoms with E-state index in [1.54, 1.807) is 0 Å². The first kappa shape index (κ1) is 16.0. The van der Waals surface area contributed by atoms with E-state index >= 15 is 0 Å². The highest BCUT2D eigenvalue weighted by molar-refractivity contribution is 7.22. The quantitative estimate of drug-likeness (QED) is 0.738. The lowest BCUT2D eigenvalue weighted by Crippen LogP contribution is -2.13. The molecule has 0 unspecified atom stereocenters. The maximum atomic E-state index is 12.7. The lowest BCUT2D eigenvalue weighted by Gasteiger charge is -2.09. The number of H-pyrrole nitrogens is 1. The van der Waals surface area contributed by atoms with Gasteiger partial charge in [-0.25, -0.2) is 4.98 Å². The molecule has 4 rings (SSSR count). The van der Waals surface area contributed by atoms with Crippen molar-refractivity contribution in [2.75, 3.05) is 5.32 Å². The largest absolute Gasteiger partial charge is 0.354 e. The van der Waals surface area contributed by atoms with Crippen LogP contribution in [-0.2, 0) is 12.8 Å². The fourth-order valence-corrected chi connectivity index (χ4v) is 4.33. The van der Waals surface area contributed by atoms with Crippen LogP contribution >= 0.6 is 11.3 Å². The van der Waals surface area contributed by atoms with Crippen LogP contribution in [0, 0.1) is 6.92 Å². The maximum Gasteiger partial charge on any atom is 0.274 e. The highest BCUT2D eigenvalue weighted by Crippen LogP contribution is 2.29. The Morgan fingerprint density at radius 3 is 2.96 bits per heavy atom. The van der Waals surface area contributed by atoms with Gasteiger partial charge in [-0.1, -0.05) is 24.3 Å². The number of aromatic nitrogens is 2. The first-order chi connectivity index (χ1) is 12.1. The van der Waals surface area contributed by atoms with Crippen molar-refractivity contribution in [2.45, 2.75) is 39.5 Å². The molecule has 2 N–H and O–H groups in total. The summed E-state index contributed by atoms with van der Waals surface area (Å²) in [6.45, 7) is 3.95. The van der Waals surface area contributed by atoms with Crippen LogP contribution in [0.1, 0.15) is 57.4 Å². The molecule has 0 radical (unpaired) electrons. The molecule has 0 bridgehead atoms. The van der Waals surface area contributed by atoms with E-state index in [1.807, 2.05) is 13.0 Å². The highest BCUT2D eigenvalue weighted by atomic mass is 32.1. The zero-order valence-electron chi connectivity index (χ0n) is 14.2. The van der Waals surface area contributed by atoms with Crippen LogP contribution in [0.2, 0.25) is 0 Å². The molecule has 0 saturated heterocycles. The number of hydrogen-bond acceptors (Lipinski definition) is 4. The van der Waals surface area contributed by atoms with Crippen LogP contribution in [-0.4, -0.2) is 21.7 Å². The minimum atomic E-state index is -0.241. The first-order valence-electron chi connectivity index (χ1n) is 8.52. The van der Waals surface area contributed by atoms with Crippen molar-refractivity contribution in [1.29, 1.82) is 0 Å². The van der Waals surface area contributed by atoms with Gasteiger partial charge in [0, 0.05) is 17.7 Å². The second-order valence-corrected chi connectivity index (χ2v) is 7.41. The molecule has 5 nitrogen and oxygen atoms in total. The predicted molar refractivity (Wildman–Crippen MR) is 99.7 cm³/mol. The van der Waals surface area contributed by atoms with Gasteiger partial charge < -0.3 is 4.98 Å². The molecule has 1 aliphatic rings. The van der Waals surface area contributed by atoms with Crippen molar-refractivity contribution < 1.29 is 9.59 Å². The fourth-order valence-electron chi connectivity index (χ4n) is 3.40. The molecule has 0 aliphatic heterocycles. The molecule has 128 valence electrons. The summed E-state index contributed by atoms with van der Waals surface area (Å²) in [6.07, 6.45) is 3.18. The number of hydrogen-bond donors (Lipinski definition) is 2. The number of carbonyl (C=O) groups excluding carboxylic acids is 2. The van der Waals surface area contributed by atoms with E-state index < -0.39 is 0 Å². The number of nitrogens with zero attached hydrogens (tertiary/aromatic N) is 1. The molecule has 2 heterocycles. The smallest absolute Gasteiger partial charge is 0.274 e. The summed E-state index contributed by atoms with van der Waals surface area (Å²) in [6, 6.07) is 6.15. The molecule has 1 amide bonds. The topological polar surface area (TPSA) is 74.8 Å². The molecule has 3 aromatic rings. The van der Waals surface area contributed by atoms with Gasteiger partial charge in [-0.2, -0.15) is 0 Å². The zero-order chi connectivity index (χ0) is 17.6. The third kappa shape index (κ3) is 2.76. The van der Waals surface area contributed by atoms with Crippen molar-refractivity contribution in [3.05, 3.63) is 46.3 Å². The Balaban J connectivity index is 1.63. The normalized spacial score (nSPS) is 13.9. The second kappa shape index (κ2) is 6.11. The van der Waals surface area contributed by atoms with Crippen molar-refractivity contribution in [3.63, 3.8) is 0 Å². The monoisotopic (exact) mass is 353 g/mol. The minimum absolute atomic E-state index is 0.126. The highest BCUT2D eigenvalue weighted by Gasteiger charge is 2.26. The van der Waals surface area contributed by atoms with Crippen LogP contribution in [0.15, 0.2) is 18.2 Å². The number of benzene rings is 1. The summed E-state index contributed by atoms with van der Waals surface area (Å²) in [4.78, 5) is 32.4. The van der Waals surface area contributed by atoms with E-state index in [2.05, 4.69) is 34.3 Å². The molecule has 25 heavy (non-hydrogen) atoms. The van der Waals surface area contributed by atoms with Gasteiger partial charge in [0.2, 0.25) is 0 Å². The van der Waals surface area contributed by atoms with Crippen LogP contribution < -0.4 is 5.32 Å². The standard InChI is InChI=1S/C19H19N3O2S/c1-3-11-7-8-12-15(9-11)25-19(21-12)22-18(24)17-10(2)16-13(20-17)5-4-6-14(16)23/h7-9,20H,3-6H2,1-2H3,(H,21,22,24). The number of carbonyl (C=O) groups is 2. The molecule has 6 heteroatoms. The van der Waals surface area contributed by atoms with Gasteiger partial charge >= 0.3 is 0 Å². The molecule has 0 atom stereocenters. The van der Waals surface area contributed by atoms with Crippen LogP contribution in [0.4, 0.5) is 5.13 Å². The molecule has 0 fully saturated rings. The van der Waals surface area contributed by atoms with Crippen molar-refractivity contribution >= 4 is 38.4 Å². The van der Waals surface area contributed by atoms with Crippen molar-refractivity contribution in [1.82, 2.24) is 9.97 Å². The number of Topliss-reactive ketones (excluding diaryl/α,β-unsaturated/α-hetero) is 1. The van der Waals surface area contributed by atoms with Crippen molar-refractivity contribution in [2.24, 2.45) is 0 Å². The third-order valence-electron chi connectivity index (χ3n) is 4.75. The number of fused-ring (bicyclic) bond motifs is 2. The number of aromatic amines is 1. The predicted octanol–water partition coefficient (Wildman–Crippen LogP) is 4.27. The Hall–Kier alpha value is -2.47. The third-order valence-corrected chi connectivity index (χ3v) is 5.68. The summed E-state index contributed by atoms with van der Waals surface area (Å²) in [5.41, 5.74) is 4.93. The average Bonchev–Trinajstić information content (AvgIpc) is 3.15. The Bertz CT molecular complexity index is 1000. The number of anilines is 1. The molecule has 0 saturated carbocycles. The summed E-state index contributed by atoms with van der Waals surface area (Å²) in [5.74, 6) is -0.115. The Labute approximate surface area is 149 Å². The van der Waals surface area contributed by atoms with E-state index in [9.17, 15) is 9.59 Å². The summed E-state index contributed by atoms with van der Waals surface area (Å²) >= 11 is 1.47. The lowest BCUT2D eigenvalue weighted by atomic mass is 9.94.